The SMILES string of the molecule is O=C(O)c1sc(-c2ccc(C(F)(F)F)cc2)nc1COCc1ccccc1. The van der Waals surface area contributed by atoms with Crippen LogP contribution in [0.15, 0.2) is 54.6 Å². The van der Waals surface area contributed by atoms with Crippen molar-refractivity contribution in [1.82, 2.24) is 4.98 Å². The van der Waals surface area contributed by atoms with E-state index in [0.29, 0.717) is 17.2 Å². The molecule has 2 aromatic carbocycles. The number of halogens is 3. The van der Waals surface area contributed by atoms with E-state index < -0.39 is 17.7 Å². The summed E-state index contributed by atoms with van der Waals surface area (Å²) in [5.41, 5.74) is 0.836. The van der Waals surface area contributed by atoms with E-state index in [-0.39, 0.29) is 17.2 Å². The lowest BCUT2D eigenvalue weighted by molar-refractivity contribution is -0.137. The van der Waals surface area contributed by atoms with Crippen LogP contribution in [0.1, 0.15) is 26.5 Å². The highest BCUT2D eigenvalue weighted by molar-refractivity contribution is 7.17. The third-order valence-corrected chi connectivity index (χ3v) is 4.84. The molecule has 0 atom stereocenters. The average molecular weight is 393 g/mol. The highest BCUT2D eigenvalue weighted by Crippen LogP contribution is 2.33. The molecule has 3 aromatic rings. The van der Waals surface area contributed by atoms with Crippen LogP contribution in [0.3, 0.4) is 0 Å². The third kappa shape index (κ3) is 4.72. The number of hydrogen-bond donors (Lipinski definition) is 1. The number of nitrogens with zero attached hydrogens (tertiary/aromatic N) is 1. The minimum atomic E-state index is -4.43. The summed E-state index contributed by atoms with van der Waals surface area (Å²) in [4.78, 5) is 15.7. The van der Waals surface area contributed by atoms with Crippen molar-refractivity contribution in [2.24, 2.45) is 0 Å². The number of carbonyl (C=O) groups is 1. The minimum absolute atomic E-state index is 0.00629. The van der Waals surface area contributed by atoms with Gasteiger partial charge in [-0.1, -0.05) is 42.5 Å². The van der Waals surface area contributed by atoms with Crippen LogP contribution in [0.5, 0.6) is 0 Å². The summed E-state index contributed by atoms with van der Waals surface area (Å²) in [5.74, 6) is -1.15. The van der Waals surface area contributed by atoms with Gasteiger partial charge in [-0.25, -0.2) is 9.78 Å². The van der Waals surface area contributed by atoms with Gasteiger partial charge in [-0.05, 0) is 17.7 Å². The number of rotatable bonds is 6. The second kappa shape index (κ2) is 7.89. The Balaban J connectivity index is 1.77. The summed E-state index contributed by atoms with van der Waals surface area (Å²) < 4.78 is 43.5. The van der Waals surface area contributed by atoms with Crippen LogP contribution in [-0.4, -0.2) is 16.1 Å². The van der Waals surface area contributed by atoms with E-state index >= 15 is 0 Å². The fourth-order valence-electron chi connectivity index (χ4n) is 2.38. The zero-order valence-corrected chi connectivity index (χ0v) is 14.7. The summed E-state index contributed by atoms with van der Waals surface area (Å²) >= 11 is 0.908. The molecule has 0 radical (unpaired) electrons. The number of benzene rings is 2. The second-order valence-corrected chi connectivity index (χ2v) is 6.65. The first kappa shape index (κ1) is 19.1. The smallest absolute Gasteiger partial charge is 0.416 e. The quantitative estimate of drug-likeness (QED) is 0.622. The molecule has 0 saturated heterocycles. The third-order valence-electron chi connectivity index (χ3n) is 3.70. The summed E-state index contributed by atoms with van der Waals surface area (Å²) in [6.07, 6.45) is -4.43. The highest BCUT2D eigenvalue weighted by Gasteiger charge is 2.30. The van der Waals surface area contributed by atoms with Gasteiger partial charge in [0.2, 0.25) is 0 Å². The van der Waals surface area contributed by atoms with Crippen molar-refractivity contribution >= 4 is 17.3 Å². The number of alkyl halides is 3. The number of carboxylic acids is 1. The van der Waals surface area contributed by atoms with Gasteiger partial charge in [0.1, 0.15) is 9.88 Å². The lowest BCUT2D eigenvalue weighted by Gasteiger charge is -2.06. The Bertz CT molecular complexity index is 922. The van der Waals surface area contributed by atoms with Gasteiger partial charge in [-0.15, -0.1) is 11.3 Å². The zero-order chi connectivity index (χ0) is 19.4. The van der Waals surface area contributed by atoms with Crippen LogP contribution >= 0.6 is 11.3 Å². The van der Waals surface area contributed by atoms with E-state index in [1.165, 1.54) is 12.1 Å². The normalized spacial score (nSPS) is 11.5. The molecule has 140 valence electrons. The second-order valence-electron chi connectivity index (χ2n) is 5.65. The van der Waals surface area contributed by atoms with E-state index in [1.807, 2.05) is 30.3 Å². The predicted molar refractivity (Wildman–Crippen MR) is 94.4 cm³/mol. The van der Waals surface area contributed by atoms with E-state index in [0.717, 1.165) is 29.0 Å². The fourth-order valence-corrected chi connectivity index (χ4v) is 3.29. The molecular formula is C19H14F3NO3S. The molecule has 0 aliphatic rings. The molecule has 8 heteroatoms. The molecule has 0 bridgehead atoms. The van der Waals surface area contributed by atoms with Gasteiger partial charge in [0.15, 0.2) is 0 Å². The van der Waals surface area contributed by atoms with Crippen molar-refractivity contribution in [3.05, 3.63) is 76.3 Å². The van der Waals surface area contributed by atoms with Gasteiger partial charge >= 0.3 is 12.1 Å². The molecule has 0 aliphatic heterocycles. The minimum Gasteiger partial charge on any atom is -0.477 e. The Morgan fingerprint density at radius 1 is 1.04 bits per heavy atom. The van der Waals surface area contributed by atoms with Crippen LogP contribution in [0.2, 0.25) is 0 Å². The molecule has 0 amide bonds. The summed E-state index contributed by atoms with van der Waals surface area (Å²) in [6.45, 7) is 0.292. The molecule has 0 unspecified atom stereocenters. The summed E-state index contributed by atoms with van der Waals surface area (Å²) in [7, 11) is 0. The van der Waals surface area contributed by atoms with E-state index in [9.17, 15) is 23.1 Å². The van der Waals surface area contributed by atoms with Gasteiger partial charge in [0.25, 0.3) is 0 Å². The average Bonchev–Trinajstić information content (AvgIpc) is 3.06. The van der Waals surface area contributed by atoms with Crippen molar-refractivity contribution < 1.29 is 27.8 Å². The van der Waals surface area contributed by atoms with Crippen molar-refractivity contribution in [1.29, 1.82) is 0 Å². The largest absolute Gasteiger partial charge is 0.477 e. The summed E-state index contributed by atoms with van der Waals surface area (Å²) in [5, 5.41) is 9.69. The Hall–Kier alpha value is -2.71. The number of thiazole rings is 1. The maximum Gasteiger partial charge on any atom is 0.416 e. The number of aromatic nitrogens is 1. The first-order valence-electron chi connectivity index (χ1n) is 7.87. The Kier molecular flexibility index (Phi) is 5.57. The van der Waals surface area contributed by atoms with Crippen LogP contribution in [0.25, 0.3) is 10.6 Å². The lowest BCUT2D eigenvalue weighted by Crippen LogP contribution is -2.04. The van der Waals surface area contributed by atoms with Gasteiger partial charge in [0.05, 0.1) is 24.5 Å². The van der Waals surface area contributed by atoms with E-state index in [4.69, 9.17) is 4.74 Å². The van der Waals surface area contributed by atoms with Crippen LogP contribution in [0, 0.1) is 0 Å². The van der Waals surface area contributed by atoms with Gasteiger partial charge in [-0.3, -0.25) is 0 Å². The molecule has 0 aliphatic carbocycles. The van der Waals surface area contributed by atoms with Gasteiger partial charge in [-0.2, -0.15) is 13.2 Å². The molecule has 27 heavy (non-hydrogen) atoms. The van der Waals surface area contributed by atoms with Crippen molar-refractivity contribution in [3.8, 4) is 10.6 Å². The van der Waals surface area contributed by atoms with Crippen LogP contribution in [-0.2, 0) is 24.1 Å². The first-order valence-corrected chi connectivity index (χ1v) is 8.68. The number of ether oxygens (including phenoxy) is 1. The molecule has 3 rings (SSSR count). The number of carboxylic acid groups (broad SMARTS) is 1. The molecular weight excluding hydrogens is 379 g/mol. The Morgan fingerprint density at radius 2 is 1.70 bits per heavy atom. The number of aromatic carboxylic acids is 1. The molecule has 0 spiro atoms. The van der Waals surface area contributed by atoms with Crippen LogP contribution in [0.4, 0.5) is 13.2 Å². The molecule has 4 nitrogen and oxygen atoms in total. The lowest BCUT2D eigenvalue weighted by atomic mass is 10.1. The van der Waals surface area contributed by atoms with Crippen LogP contribution < -0.4 is 0 Å². The van der Waals surface area contributed by atoms with Gasteiger partial charge < -0.3 is 9.84 Å². The zero-order valence-electron chi connectivity index (χ0n) is 13.9. The van der Waals surface area contributed by atoms with E-state index in [2.05, 4.69) is 4.98 Å². The Morgan fingerprint density at radius 3 is 2.30 bits per heavy atom. The standard InChI is InChI=1S/C19H14F3NO3S/c20-19(21,22)14-8-6-13(7-9-14)17-23-15(16(27-17)18(24)25)11-26-10-12-4-2-1-3-5-12/h1-9H,10-11H2,(H,24,25). The fraction of sp³-hybridized carbons (Fsp3) is 0.158. The van der Waals surface area contributed by atoms with Crippen molar-refractivity contribution in [2.75, 3.05) is 0 Å². The van der Waals surface area contributed by atoms with Crippen molar-refractivity contribution in [2.45, 2.75) is 19.4 Å². The monoisotopic (exact) mass is 393 g/mol. The molecule has 0 fully saturated rings. The first-order chi connectivity index (χ1) is 12.8. The van der Waals surface area contributed by atoms with E-state index in [1.54, 1.807) is 0 Å². The maximum atomic E-state index is 12.7. The highest BCUT2D eigenvalue weighted by atomic mass is 32.1. The topological polar surface area (TPSA) is 59.4 Å². The van der Waals surface area contributed by atoms with Crippen molar-refractivity contribution in [3.63, 3.8) is 0 Å². The molecule has 1 heterocycles. The number of hydrogen-bond acceptors (Lipinski definition) is 4. The Labute approximate surface area is 156 Å². The molecule has 0 saturated carbocycles. The maximum absolute atomic E-state index is 12.7. The van der Waals surface area contributed by atoms with Gasteiger partial charge in [0, 0.05) is 5.56 Å². The summed E-state index contributed by atoms with van der Waals surface area (Å²) in [6, 6.07) is 13.8. The molecule has 1 N–H and O–H groups in total. The predicted octanol–water partition coefficient (Wildman–Crippen LogP) is 5.24. The molecule has 1 aromatic heterocycles.